The Kier molecular flexibility index (Phi) is 2.37. The van der Waals surface area contributed by atoms with Gasteiger partial charge in [-0.3, -0.25) is 0 Å². The molecule has 0 spiro atoms. The second kappa shape index (κ2) is 3.60. The zero-order valence-corrected chi connectivity index (χ0v) is 10.1. The van der Waals surface area contributed by atoms with Crippen molar-refractivity contribution in [1.29, 1.82) is 0 Å². The summed E-state index contributed by atoms with van der Waals surface area (Å²) in [5, 5.41) is 10.3. The Morgan fingerprint density at radius 2 is 1.93 bits per heavy atom. The van der Waals surface area contributed by atoms with Gasteiger partial charge in [0.15, 0.2) is 0 Å². The molecule has 3 aliphatic carbocycles. The Morgan fingerprint density at radius 3 is 2.73 bits per heavy atom. The van der Waals surface area contributed by atoms with Gasteiger partial charge < -0.3 is 5.11 Å². The van der Waals surface area contributed by atoms with Crippen molar-refractivity contribution in [3.63, 3.8) is 0 Å². The van der Waals surface area contributed by atoms with Crippen LogP contribution in [-0.4, -0.2) is 11.2 Å². The molecule has 0 heterocycles. The summed E-state index contributed by atoms with van der Waals surface area (Å²) in [4.78, 5) is 0. The maximum absolute atomic E-state index is 10.3. The summed E-state index contributed by atoms with van der Waals surface area (Å²) in [5.41, 5.74) is 0. The van der Waals surface area contributed by atoms with Crippen LogP contribution >= 0.6 is 15.9 Å². The lowest BCUT2D eigenvalue weighted by atomic mass is 9.80. The number of aliphatic hydroxyl groups excluding tert-OH is 1. The van der Waals surface area contributed by atoms with Crippen molar-refractivity contribution in [2.75, 3.05) is 0 Å². The van der Waals surface area contributed by atoms with Crippen LogP contribution in [0.3, 0.4) is 0 Å². The van der Waals surface area contributed by atoms with Crippen LogP contribution in [0.2, 0.25) is 0 Å². The van der Waals surface area contributed by atoms with E-state index >= 15 is 0 Å². The number of halogens is 1. The molecular weight excluding hydrogens is 252 g/mol. The zero-order chi connectivity index (χ0) is 10.4. The summed E-state index contributed by atoms with van der Waals surface area (Å²) in [6.07, 6.45) is 13.0. The fourth-order valence-electron chi connectivity index (χ4n) is 3.43. The molecule has 0 bridgehead atoms. The SMILES string of the molecule is OC1C2C=CC=CC2C2CCC=C(Br)C12. The smallest absolute Gasteiger partial charge is 0.0685 e. The first kappa shape index (κ1) is 9.86. The Bertz CT molecular complexity index is 356. The highest BCUT2D eigenvalue weighted by Crippen LogP contribution is 2.52. The summed E-state index contributed by atoms with van der Waals surface area (Å²) in [5.74, 6) is 1.85. The summed E-state index contributed by atoms with van der Waals surface area (Å²) < 4.78 is 1.22. The highest BCUT2D eigenvalue weighted by molar-refractivity contribution is 9.11. The van der Waals surface area contributed by atoms with Crippen molar-refractivity contribution >= 4 is 15.9 Å². The third-order valence-electron chi connectivity index (χ3n) is 4.10. The molecule has 1 nitrogen and oxygen atoms in total. The normalized spacial score (nSPS) is 47.3. The summed E-state index contributed by atoms with van der Waals surface area (Å²) in [6, 6.07) is 0. The maximum Gasteiger partial charge on any atom is 0.0685 e. The minimum absolute atomic E-state index is 0.202. The zero-order valence-electron chi connectivity index (χ0n) is 8.51. The van der Waals surface area contributed by atoms with Gasteiger partial charge in [-0.15, -0.1) is 0 Å². The first-order chi connectivity index (χ1) is 7.29. The van der Waals surface area contributed by atoms with E-state index < -0.39 is 0 Å². The molecule has 0 radical (unpaired) electrons. The Labute approximate surface area is 98.7 Å². The molecule has 1 fully saturated rings. The first-order valence-electron chi connectivity index (χ1n) is 5.67. The molecule has 0 amide bonds. The molecule has 3 rings (SSSR count). The molecule has 1 saturated carbocycles. The van der Waals surface area contributed by atoms with Gasteiger partial charge in [0.05, 0.1) is 6.10 Å². The molecule has 5 unspecified atom stereocenters. The lowest BCUT2D eigenvalue weighted by Gasteiger charge is -2.27. The van der Waals surface area contributed by atoms with E-state index in [-0.39, 0.29) is 6.10 Å². The highest BCUT2D eigenvalue weighted by atomic mass is 79.9. The predicted octanol–water partition coefficient (Wildman–Crippen LogP) is 3.02. The second-order valence-corrected chi connectivity index (χ2v) is 5.69. The number of rotatable bonds is 0. The number of allylic oxidation sites excluding steroid dienone is 4. The van der Waals surface area contributed by atoms with Crippen LogP contribution in [0.5, 0.6) is 0 Å². The molecule has 80 valence electrons. The van der Waals surface area contributed by atoms with Gasteiger partial charge in [0.2, 0.25) is 0 Å². The van der Waals surface area contributed by atoms with E-state index in [1.54, 1.807) is 0 Å². The van der Waals surface area contributed by atoms with Gasteiger partial charge in [-0.2, -0.15) is 0 Å². The van der Waals surface area contributed by atoms with E-state index in [9.17, 15) is 5.11 Å². The second-order valence-electron chi connectivity index (χ2n) is 4.77. The maximum atomic E-state index is 10.3. The molecule has 5 atom stereocenters. The van der Waals surface area contributed by atoms with Gasteiger partial charge in [0, 0.05) is 11.8 Å². The average molecular weight is 267 g/mol. The Morgan fingerprint density at radius 1 is 1.20 bits per heavy atom. The molecular formula is C13H15BrO. The number of aliphatic hydroxyl groups is 1. The van der Waals surface area contributed by atoms with Gasteiger partial charge in [0.25, 0.3) is 0 Å². The lowest BCUT2D eigenvalue weighted by Crippen LogP contribution is -2.24. The van der Waals surface area contributed by atoms with Crippen molar-refractivity contribution in [2.45, 2.75) is 18.9 Å². The van der Waals surface area contributed by atoms with Crippen LogP contribution in [0.25, 0.3) is 0 Å². The quantitative estimate of drug-likeness (QED) is 0.715. The monoisotopic (exact) mass is 266 g/mol. The molecule has 2 heteroatoms. The standard InChI is InChI=1S/C13H15BrO/c14-11-7-3-6-9-8-4-1-2-5-10(8)13(15)12(9)11/h1-2,4-5,7-10,12-13,15H,3,6H2. The van der Waals surface area contributed by atoms with Gasteiger partial charge in [-0.05, 0) is 29.2 Å². The van der Waals surface area contributed by atoms with Crippen molar-refractivity contribution in [3.05, 3.63) is 34.9 Å². The van der Waals surface area contributed by atoms with Crippen LogP contribution in [0.1, 0.15) is 12.8 Å². The third kappa shape index (κ3) is 1.38. The largest absolute Gasteiger partial charge is 0.392 e. The Balaban J connectivity index is 1.99. The average Bonchev–Trinajstić information content (AvgIpc) is 2.55. The van der Waals surface area contributed by atoms with Crippen molar-refractivity contribution in [1.82, 2.24) is 0 Å². The van der Waals surface area contributed by atoms with Gasteiger partial charge in [-0.1, -0.05) is 46.3 Å². The van der Waals surface area contributed by atoms with Crippen LogP contribution in [-0.2, 0) is 0 Å². The van der Waals surface area contributed by atoms with Gasteiger partial charge in [0.1, 0.15) is 0 Å². The van der Waals surface area contributed by atoms with Gasteiger partial charge in [-0.25, -0.2) is 0 Å². The molecule has 15 heavy (non-hydrogen) atoms. The van der Waals surface area contributed by atoms with E-state index in [0.29, 0.717) is 23.7 Å². The molecule has 3 aliphatic rings. The highest BCUT2D eigenvalue weighted by Gasteiger charge is 2.49. The topological polar surface area (TPSA) is 20.2 Å². The molecule has 0 saturated heterocycles. The van der Waals surface area contributed by atoms with Crippen molar-refractivity contribution < 1.29 is 5.11 Å². The minimum Gasteiger partial charge on any atom is -0.392 e. The van der Waals surface area contributed by atoms with E-state index in [4.69, 9.17) is 0 Å². The van der Waals surface area contributed by atoms with E-state index in [1.807, 2.05) is 0 Å². The number of fused-ring (bicyclic) bond motifs is 3. The van der Waals surface area contributed by atoms with Crippen LogP contribution in [0.15, 0.2) is 34.9 Å². The molecule has 0 aromatic heterocycles. The van der Waals surface area contributed by atoms with Crippen molar-refractivity contribution in [2.24, 2.45) is 23.7 Å². The van der Waals surface area contributed by atoms with Crippen LogP contribution in [0.4, 0.5) is 0 Å². The molecule has 0 aromatic rings. The minimum atomic E-state index is -0.202. The summed E-state index contributed by atoms with van der Waals surface area (Å²) in [6.45, 7) is 0. The molecule has 0 aliphatic heterocycles. The molecule has 0 aromatic carbocycles. The molecule has 1 N–H and O–H groups in total. The third-order valence-corrected chi connectivity index (χ3v) is 4.95. The van der Waals surface area contributed by atoms with E-state index in [0.717, 1.165) is 6.42 Å². The first-order valence-corrected chi connectivity index (χ1v) is 6.47. The van der Waals surface area contributed by atoms with Crippen molar-refractivity contribution in [3.8, 4) is 0 Å². The van der Waals surface area contributed by atoms with E-state index in [1.165, 1.54) is 10.9 Å². The Hall–Kier alpha value is -0.340. The van der Waals surface area contributed by atoms with Crippen LogP contribution in [0, 0.1) is 23.7 Å². The fraction of sp³-hybridized carbons (Fsp3) is 0.538. The lowest BCUT2D eigenvalue weighted by molar-refractivity contribution is 0.113. The summed E-state index contributed by atoms with van der Waals surface area (Å²) in [7, 11) is 0. The number of hydrogen-bond acceptors (Lipinski definition) is 1. The van der Waals surface area contributed by atoms with Crippen LogP contribution < -0.4 is 0 Å². The van der Waals surface area contributed by atoms with E-state index in [2.05, 4.69) is 46.3 Å². The van der Waals surface area contributed by atoms with Gasteiger partial charge >= 0.3 is 0 Å². The fourth-order valence-corrected chi connectivity index (χ4v) is 4.27. The number of hydrogen-bond donors (Lipinski definition) is 1. The predicted molar refractivity (Wildman–Crippen MR) is 64.5 cm³/mol. The summed E-state index contributed by atoms with van der Waals surface area (Å²) >= 11 is 3.62.